The molecule has 4 heteroatoms. The van der Waals surface area contributed by atoms with E-state index in [4.69, 9.17) is 4.74 Å². The second kappa shape index (κ2) is 6.66. The molecular weight excluding hydrogens is 245 g/mol. The largest absolute Gasteiger partial charge is 0.469 e. The molecule has 0 aliphatic carbocycles. The molecule has 0 saturated carbocycles. The molecule has 1 aromatic rings. The third kappa shape index (κ3) is 4.03. The normalized spacial score (nSPS) is 13.9. The number of methoxy groups -OCH3 is 1. The molecule has 1 aromatic carbocycles. The Morgan fingerprint density at radius 1 is 1.47 bits per heavy atom. The molecule has 0 aromatic heterocycles. The Kier molecular flexibility index (Phi) is 5.48. The molecule has 3 nitrogen and oxygen atoms in total. The average Bonchev–Trinajstić information content (AvgIpc) is 2.39. The lowest BCUT2D eigenvalue weighted by Gasteiger charge is -2.30. The zero-order chi connectivity index (χ0) is 14.5. The third-order valence-electron chi connectivity index (χ3n) is 3.30. The third-order valence-corrected chi connectivity index (χ3v) is 3.30. The Labute approximate surface area is 114 Å². The first-order valence-electron chi connectivity index (χ1n) is 6.51. The highest BCUT2D eigenvalue weighted by atomic mass is 19.1. The van der Waals surface area contributed by atoms with Gasteiger partial charge in [-0.25, -0.2) is 4.39 Å². The molecular formula is C15H22FNO2. The Morgan fingerprint density at radius 2 is 2.16 bits per heavy atom. The Hall–Kier alpha value is -1.42. The molecule has 0 saturated heterocycles. The van der Waals surface area contributed by atoms with E-state index in [1.807, 2.05) is 19.9 Å². The quantitative estimate of drug-likeness (QED) is 0.805. The van der Waals surface area contributed by atoms with Gasteiger partial charge in [0.15, 0.2) is 0 Å². The van der Waals surface area contributed by atoms with Crippen molar-refractivity contribution in [1.82, 2.24) is 5.32 Å². The molecule has 0 aliphatic rings. The maximum absolute atomic E-state index is 13.7. The fraction of sp³-hybridized carbons (Fsp3) is 0.533. The molecule has 0 spiro atoms. The van der Waals surface area contributed by atoms with Crippen LogP contribution in [0.4, 0.5) is 4.39 Å². The molecule has 0 bridgehead atoms. The minimum absolute atomic E-state index is 0.173. The molecule has 106 valence electrons. The van der Waals surface area contributed by atoms with Crippen molar-refractivity contribution < 1.29 is 13.9 Å². The van der Waals surface area contributed by atoms with Gasteiger partial charge < -0.3 is 10.1 Å². The minimum Gasteiger partial charge on any atom is -0.469 e. The van der Waals surface area contributed by atoms with E-state index in [0.29, 0.717) is 5.56 Å². The lowest BCUT2D eigenvalue weighted by molar-refractivity contribution is -0.142. The summed E-state index contributed by atoms with van der Waals surface area (Å²) in [5.74, 6) is -0.570. The molecule has 0 fully saturated rings. The van der Waals surface area contributed by atoms with Gasteiger partial charge in [0.05, 0.1) is 19.1 Å². The summed E-state index contributed by atoms with van der Waals surface area (Å²) in [4.78, 5) is 11.6. The first-order valence-corrected chi connectivity index (χ1v) is 6.51. The van der Waals surface area contributed by atoms with Crippen LogP contribution in [-0.2, 0) is 15.1 Å². The Bertz CT molecular complexity index is 448. The van der Waals surface area contributed by atoms with Crippen LogP contribution in [-0.4, -0.2) is 19.6 Å². The van der Waals surface area contributed by atoms with Crippen LogP contribution in [0.1, 0.15) is 37.8 Å². The highest BCUT2D eigenvalue weighted by Gasteiger charge is 2.30. The second-order valence-electron chi connectivity index (χ2n) is 4.98. The van der Waals surface area contributed by atoms with E-state index < -0.39 is 5.54 Å². The van der Waals surface area contributed by atoms with Gasteiger partial charge in [0.25, 0.3) is 0 Å². The Balaban J connectivity index is 3.06. The summed E-state index contributed by atoms with van der Waals surface area (Å²) in [6, 6.07) is 5.07. The van der Waals surface area contributed by atoms with Crippen LogP contribution in [0.3, 0.4) is 0 Å². The van der Waals surface area contributed by atoms with Crippen molar-refractivity contribution in [3.05, 3.63) is 35.1 Å². The molecule has 1 unspecified atom stereocenters. The van der Waals surface area contributed by atoms with Crippen molar-refractivity contribution >= 4 is 5.97 Å². The number of nitrogens with one attached hydrogen (secondary N) is 1. The number of rotatable bonds is 6. The van der Waals surface area contributed by atoms with E-state index in [-0.39, 0.29) is 18.2 Å². The topological polar surface area (TPSA) is 38.3 Å². The predicted octanol–water partition coefficient (Wildman–Crippen LogP) is 2.91. The fourth-order valence-corrected chi connectivity index (χ4v) is 1.96. The SMILES string of the molecule is CCCNC(C)(CC(=O)OC)c1ccc(C)c(F)c1. The van der Waals surface area contributed by atoms with Gasteiger partial charge >= 0.3 is 5.97 Å². The van der Waals surface area contributed by atoms with Gasteiger partial charge in [0, 0.05) is 0 Å². The number of esters is 1. The molecule has 1 atom stereocenters. The summed E-state index contributed by atoms with van der Waals surface area (Å²) in [5, 5.41) is 3.31. The number of aryl methyl sites for hydroxylation is 1. The van der Waals surface area contributed by atoms with Crippen molar-refractivity contribution in [3.8, 4) is 0 Å². The zero-order valence-corrected chi connectivity index (χ0v) is 12.0. The lowest BCUT2D eigenvalue weighted by atomic mass is 9.87. The molecule has 0 amide bonds. The van der Waals surface area contributed by atoms with E-state index >= 15 is 0 Å². The number of hydrogen-bond donors (Lipinski definition) is 1. The van der Waals surface area contributed by atoms with E-state index in [1.54, 1.807) is 13.0 Å². The van der Waals surface area contributed by atoms with Crippen LogP contribution in [0.2, 0.25) is 0 Å². The summed E-state index contributed by atoms with van der Waals surface area (Å²) in [7, 11) is 1.36. The number of benzene rings is 1. The number of ether oxygens (including phenoxy) is 1. The van der Waals surface area contributed by atoms with Crippen molar-refractivity contribution in [1.29, 1.82) is 0 Å². The van der Waals surface area contributed by atoms with Crippen LogP contribution in [0.25, 0.3) is 0 Å². The number of hydrogen-bond acceptors (Lipinski definition) is 3. The first-order chi connectivity index (χ1) is 8.92. The molecule has 0 aliphatic heterocycles. The molecule has 0 heterocycles. The monoisotopic (exact) mass is 267 g/mol. The van der Waals surface area contributed by atoms with E-state index in [0.717, 1.165) is 18.5 Å². The van der Waals surface area contributed by atoms with Gasteiger partial charge in [-0.2, -0.15) is 0 Å². The first kappa shape index (κ1) is 15.6. The number of carbonyl (C=O) groups is 1. The van der Waals surface area contributed by atoms with Crippen LogP contribution in [0.5, 0.6) is 0 Å². The summed E-state index contributed by atoms with van der Waals surface area (Å²) >= 11 is 0. The van der Waals surface area contributed by atoms with Gasteiger partial charge in [-0.1, -0.05) is 19.1 Å². The van der Waals surface area contributed by atoms with Crippen molar-refractivity contribution in [3.63, 3.8) is 0 Å². The van der Waals surface area contributed by atoms with Gasteiger partial charge in [0.2, 0.25) is 0 Å². The summed E-state index contributed by atoms with van der Waals surface area (Å²) in [6.45, 7) is 6.41. The molecule has 0 radical (unpaired) electrons. The smallest absolute Gasteiger partial charge is 0.307 e. The molecule has 1 rings (SSSR count). The van der Waals surface area contributed by atoms with Gasteiger partial charge in [0.1, 0.15) is 5.82 Å². The fourth-order valence-electron chi connectivity index (χ4n) is 1.96. The summed E-state index contributed by atoms with van der Waals surface area (Å²) < 4.78 is 18.4. The molecule has 19 heavy (non-hydrogen) atoms. The van der Waals surface area contributed by atoms with E-state index in [2.05, 4.69) is 5.32 Å². The maximum atomic E-state index is 13.7. The van der Waals surface area contributed by atoms with Crippen molar-refractivity contribution in [2.75, 3.05) is 13.7 Å². The average molecular weight is 267 g/mol. The van der Waals surface area contributed by atoms with Crippen LogP contribution in [0.15, 0.2) is 18.2 Å². The minimum atomic E-state index is -0.613. The summed E-state index contributed by atoms with van der Waals surface area (Å²) in [5.41, 5.74) is 0.742. The zero-order valence-electron chi connectivity index (χ0n) is 12.0. The Morgan fingerprint density at radius 3 is 2.68 bits per heavy atom. The van der Waals surface area contributed by atoms with Crippen LogP contribution < -0.4 is 5.32 Å². The van der Waals surface area contributed by atoms with Gasteiger partial charge in [-0.05, 0) is 44.0 Å². The number of carbonyl (C=O) groups excluding carboxylic acids is 1. The highest BCUT2D eigenvalue weighted by molar-refractivity contribution is 5.71. The summed E-state index contributed by atoms with van der Waals surface area (Å²) in [6.07, 6.45) is 1.11. The highest BCUT2D eigenvalue weighted by Crippen LogP contribution is 2.26. The second-order valence-corrected chi connectivity index (χ2v) is 4.98. The molecule has 1 N–H and O–H groups in total. The predicted molar refractivity (Wildman–Crippen MR) is 73.4 cm³/mol. The number of halogens is 1. The van der Waals surface area contributed by atoms with E-state index in [1.165, 1.54) is 13.2 Å². The lowest BCUT2D eigenvalue weighted by Crippen LogP contribution is -2.42. The standard InChI is InChI=1S/C15H22FNO2/c1-5-8-17-15(3,10-14(18)19-4)12-7-6-11(2)13(16)9-12/h6-7,9,17H,5,8,10H2,1-4H3. The van der Waals surface area contributed by atoms with E-state index in [9.17, 15) is 9.18 Å². The van der Waals surface area contributed by atoms with Gasteiger partial charge in [-0.3, -0.25) is 4.79 Å². The van der Waals surface area contributed by atoms with Crippen LogP contribution >= 0.6 is 0 Å². The van der Waals surface area contributed by atoms with Gasteiger partial charge in [-0.15, -0.1) is 0 Å². The van der Waals surface area contributed by atoms with Crippen LogP contribution in [0, 0.1) is 12.7 Å². The maximum Gasteiger partial charge on any atom is 0.307 e. The van der Waals surface area contributed by atoms with Crippen molar-refractivity contribution in [2.45, 2.75) is 39.2 Å². The van der Waals surface area contributed by atoms with Crippen molar-refractivity contribution in [2.24, 2.45) is 0 Å².